The van der Waals surface area contributed by atoms with Crippen molar-refractivity contribution in [3.63, 3.8) is 0 Å². The van der Waals surface area contributed by atoms with E-state index in [0.29, 0.717) is 0 Å². The minimum Gasteiger partial charge on any atom is -0.458 e. The van der Waals surface area contributed by atoms with Crippen molar-refractivity contribution in [3.8, 4) is 28.7 Å². The molecule has 0 spiro atoms. The second-order valence-corrected chi connectivity index (χ2v) is 18.1. The van der Waals surface area contributed by atoms with E-state index >= 15 is 0 Å². The molecule has 0 atom stereocenters. The number of imidazole rings is 1. The van der Waals surface area contributed by atoms with Gasteiger partial charge in [-0.25, -0.2) is 4.98 Å². The molecule has 0 radical (unpaired) electrons. The second kappa shape index (κ2) is 13.9. The second-order valence-electron chi connectivity index (χ2n) is 18.1. The van der Waals surface area contributed by atoms with E-state index in [-0.39, 0.29) is 16.2 Å². The van der Waals surface area contributed by atoms with Gasteiger partial charge in [-0.15, -0.1) is 0 Å². The Morgan fingerprint density at radius 2 is 1.21 bits per heavy atom. The van der Waals surface area contributed by atoms with E-state index in [1.54, 1.807) is 0 Å². The summed E-state index contributed by atoms with van der Waals surface area (Å²) < 4.78 is 13.5. The Hall–Kier alpha value is -6.46. The molecule has 0 saturated carbocycles. The van der Waals surface area contributed by atoms with Crippen molar-refractivity contribution in [2.24, 2.45) is 0 Å². The van der Waals surface area contributed by atoms with Crippen LogP contribution in [-0.2, 0) is 16.2 Å². The summed E-state index contributed by atoms with van der Waals surface area (Å²) in [7, 11) is 0. The minimum absolute atomic E-state index is 0.00837. The Labute approximate surface area is 341 Å². The first kappa shape index (κ1) is 37.1. The number of ether oxygens (including phenoxy) is 1. The van der Waals surface area contributed by atoms with E-state index < -0.39 is 0 Å². The van der Waals surface area contributed by atoms with Crippen molar-refractivity contribution in [3.05, 3.63) is 186 Å². The van der Waals surface area contributed by atoms with E-state index in [1.807, 2.05) is 6.20 Å². The molecule has 0 unspecified atom stereocenters. The van der Waals surface area contributed by atoms with Crippen LogP contribution in [-0.4, -0.2) is 14.1 Å². The Morgan fingerprint density at radius 1 is 0.517 bits per heavy atom. The maximum Gasteiger partial charge on any atom is 0.269 e. The molecule has 5 nitrogen and oxygen atoms in total. The van der Waals surface area contributed by atoms with Crippen LogP contribution in [0.1, 0.15) is 77.6 Å². The molecule has 0 aliphatic rings. The number of hydrogen-bond donors (Lipinski definition) is 0. The van der Waals surface area contributed by atoms with E-state index in [9.17, 15) is 0 Å². The van der Waals surface area contributed by atoms with Crippen LogP contribution in [0.5, 0.6) is 11.5 Å². The zero-order chi connectivity index (χ0) is 40.4. The number of pyridine rings is 1. The smallest absolute Gasteiger partial charge is 0.269 e. The molecule has 288 valence electrons. The first-order valence-corrected chi connectivity index (χ1v) is 20.2. The average Bonchev–Trinajstić information content (AvgIpc) is 3.77. The highest BCUT2D eigenvalue weighted by atomic mass is 16.5. The summed E-state index contributed by atoms with van der Waals surface area (Å²) in [5.74, 6) is 2.42. The van der Waals surface area contributed by atoms with Crippen LogP contribution in [0.15, 0.2) is 158 Å². The fourth-order valence-corrected chi connectivity index (χ4v) is 8.11. The van der Waals surface area contributed by atoms with Crippen molar-refractivity contribution in [2.45, 2.75) is 71.6 Å². The van der Waals surface area contributed by atoms with Gasteiger partial charge in [0, 0.05) is 28.5 Å². The van der Waals surface area contributed by atoms with Crippen LogP contribution < -0.4 is 9.30 Å². The molecular formula is C53H50N4O. The van der Waals surface area contributed by atoms with E-state index in [0.717, 1.165) is 56.1 Å². The van der Waals surface area contributed by atoms with Crippen molar-refractivity contribution >= 4 is 32.8 Å². The number of aromatic nitrogens is 4. The Morgan fingerprint density at radius 3 is 1.98 bits per heavy atom. The van der Waals surface area contributed by atoms with Crippen LogP contribution in [0.2, 0.25) is 0 Å². The van der Waals surface area contributed by atoms with Crippen LogP contribution >= 0.6 is 0 Å². The number of hydrogen-bond acceptors (Lipinski definition) is 2. The summed E-state index contributed by atoms with van der Waals surface area (Å²) in [6, 6.07) is 53.9. The molecule has 0 bridgehead atoms. The van der Waals surface area contributed by atoms with Gasteiger partial charge in [0.25, 0.3) is 6.33 Å². The zero-order valence-corrected chi connectivity index (χ0v) is 34.7. The summed E-state index contributed by atoms with van der Waals surface area (Å²) in [4.78, 5) is 4.89. The molecular weight excluding hydrogens is 709 g/mol. The normalized spacial score (nSPS) is 12.5. The summed E-state index contributed by atoms with van der Waals surface area (Å²) in [5.41, 5.74) is 11.0. The van der Waals surface area contributed by atoms with Crippen LogP contribution in [0.25, 0.3) is 50.0 Å². The summed E-state index contributed by atoms with van der Waals surface area (Å²) in [5, 5.41) is 2.34. The van der Waals surface area contributed by atoms with Gasteiger partial charge in [-0.2, -0.15) is 0 Å². The average molecular weight is 759 g/mol. The number of rotatable bonds is 7. The van der Waals surface area contributed by atoms with Gasteiger partial charge < -0.3 is 4.74 Å². The Bertz CT molecular complexity index is 2970. The summed E-state index contributed by atoms with van der Waals surface area (Å²) >= 11 is 0. The highest BCUT2D eigenvalue weighted by molar-refractivity contribution is 6.09. The lowest BCUT2D eigenvalue weighted by Crippen LogP contribution is -2.30. The lowest BCUT2D eigenvalue weighted by Gasteiger charge is -2.26. The molecule has 9 rings (SSSR count). The third kappa shape index (κ3) is 6.64. The molecule has 0 aliphatic heterocycles. The number of benzene rings is 6. The third-order valence-electron chi connectivity index (χ3n) is 11.6. The quantitative estimate of drug-likeness (QED) is 0.120. The van der Waals surface area contributed by atoms with Crippen molar-refractivity contribution < 1.29 is 9.30 Å². The van der Waals surface area contributed by atoms with Crippen molar-refractivity contribution in [1.82, 2.24) is 14.1 Å². The first-order valence-electron chi connectivity index (χ1n) is 20.2. The third-order valence-corrected chi connectivity index (χ3v) is 11.6. The van der Waals surface area contributed by atoms with Gasteiger partial charge in [-0.3, -0.25) is 13.7 Å². The highest BCUT2D eigenvalue weighted by Crippen LogP contribution is 2.38. The van der Waals surface area contributed by atoms with E-state index in [4.69, 9.17) is 9.72 Å². The van der Waals surface area contributed by atoms with Crippen LogP contribution in [0, 0.1) is 6.33 Å². The fourth-order valence-electron chi connectivity index (χ4n) is 8.11. The zero-order valence-electron chi connectivity index (χ0n) is 34.7. The molecule has 0 aliphatic carbocycles. The number of para-hydroxylation sites is 3. The predicted molar refractivity (Wildman–Crippen MR) is 238 cm³/mol. The van der Waals surface area contributed by atoms with Gasteiger partial charge in [0.15, 0.2) is 0 Å². The lowest BCUT2D eigenvalue weighted by atomic mass is 9.78. The van der Waals surface area contributed by atoms with Crippen LogP contribution in [0.3, 0.4) is 0 Å². The molecule has 9 aromatic rings. The number of fused-ring (bicyclic) bond motifs is 4. The molecule has 3 aromatic heterocycles. The maximum atomic E-state index is 6.88. The standard InChI is InChI=1S/C53H50N4O/c1-51(2,3)37-27-28-54-50(32-37)57-46-22-13-12-21-44(46)45-26-25-42(34-49(45)57)58-43-31-39(52(4,5)6)30-41(33-43)56-35-55(47-23-14-15-24-48(47)56)40-20-16-19-38(29-40)53(7,8)36-17-10-9-11-18-36/h9-34H,1-8H3. The molecule has 5 heteroatoms. The van der Waals surface area contributed by atoms with E-state index in [2.05, 4.69) is 227 Å². The van der Waals surface area contributed by atoms with E-state index in [1.165, 1.54) is 27.6 Å². The molecule has 0 amide bonds. The summed E-state index contributed by atoms with van der Waals surface area (Å²) in [6.07, 6.45) is 5.68. The molecule has 58 heavy (non-hydrogen) atoms. The highest BCUT2D eigenvalue weighted by Gasteiger charge is 2.25. The minimum atomic E-state index is -0.173. The molecule has 3 heterocycles. The SMILES string of the molecule is CC(C)(C)c1cc(Oc2ccc3c4ccccc4n(-c4cc(C(C)(C)C)ccn4)c3c2)cc(-n2[c-][n+](-c3cccc(C(C)(C)c4ccccc4)c3)c3ccccc32)c1. The van der Waals surface area contributed by atoms with Gasteiger partial charge in [0.1, 0.15) is 17.3 Å². The van der Waals surface area contributed by atoms with Gasteiger partial charge in [0.05, 0.1) is 33.4 Å². The largest absolute Gasteiger partial charge is 0.458 e. The number of nitrogens with zero attached hydrogens (tertiary/aromatic N) is 4. The lowest BCUT2D eigenvalue weighted by molar-refractivity contribution is -0.572. The van der Waals surface area contributed by atoms with Crippen molar-refractivity contribution in [1.29, 1.82) is 0 Å². The molecule has 0 N–H and O–H groups in total. The van der Waals surface area contributed by atoms with Crippen LogP contribution in [0.4, 0.5) is 0 Å². The molecule has 6 aromatic carbocycles. The van der Waals surface area contributed by atoms with Gasteiger partial charge in [-0.1, -0.05) is 140 Å². The van der Waals surface area contributed by atoms with Gasteiger partial charge >= 0.3 is 0 Å². The predicted octanol–water partition coefficient (Wildman–Crippen LogP) is 12.9. The molecule has 0 saturated heterocycles. The topological polar surface area (TPSA) is 35.9 Å². The fraction of sp³-hybridized carbons (Fsp3) is 0.208. The molecule has 0 fully saturated rings. The Kier molecular flexibility index (Phi) is 8.89. The monoisotopic (exact) mass is 758 g/mol. The first-order chi connectivity index (χ1) is 27.8. The van der Waals surface area contributed by atoms with Gasteiger partial charge in [-0.05, 0) is 93.7 Å². The Balaban J connectivity index is 1.15. The van der Waals surface area contributed by atoms with Crippen molar-refractivity contribution in [2.75, 3.05) is 0 Å². The van der Waals surface area contributed by atoms with Gasteiger partial charge in [0.2, 0.25) is 0 Å². The summed E-state index contributed by atoms with van der Waals surface area (Å²) in [6.45, 7) is 18.0. The maximum absolute atomic E-state index is 6.88.